The first-order chi connectivity index (χ1) is 18.8. The first-order valence-electron chi connectivity index (χ1n) is 12.6. The van der Waals surface area contributed by atoms with Gasteiger partial charge in [0.1, 0.15) is 11.5 Å². The maximum absolute atomic E-state index is 13.2. The van der Waals surface area contributed by atoms with Crippen molar-refractivity contribution in [3.63, 3.8) is 0 Å². The van der Waals surface area contributed by atoms with Crippen molar-refractivity contribution < 1.29 is 9.47 Å². The molecule has 0 radical (unpaired) electrons. The summed E-state index contributed by atoms with van der Waals surface area (Å²) in [6, 6.07) is 15.4. The molecule has 0 unspecified atom stereocenters. The summed E-state index contributed by atoms with van der Waals surface area (Å²) in [7, 11) is 6.36. The first kappa shape index (κ1) is 26.3. The Morgan fingerprint density at radius 1 is 0.974 bits per heavy atom. The third-order valence-corrected chi connectivity index (χ3v) is 7.37. The van der Waals surface area contributed by atoms with Gasteiger partial charge in [-0.15, -0.1) is 0 Å². The fourth-order valence-electron chi connectivity index (χ4n) is 4.81. The van der Waals surface area contributed by atoms with Gasteiger partial charge in [0.25, 0.3) is 5.56 Å². The standard InChI is InChI=1S/C27H31N7O4S/c1-30-23-22(24(35)31(2)27(30)36)34(17-18-8-6-5-7-9-18)25(29-23)32-12-14-33(15-13-32)26(39)28-20-16-19(37-3)10-11-21(20)38-4/h5-11,16H,12-15,17H2,1-4H3,(H,28,39). The molecule has 11 nitrogen and oxygen atoms in total. The Hall–Kier alpha value is -4.32. The van der Waals surface area contributed by atoms with E-state index in [0.717, 1.165) is 15.8 Å². The lowest BCUT2D eigenvalue weighted by atomic mass is 10.2. The summed E-state index contributed by atoms with van der Waals surface area (Å²) in [6.07, 6.45) is 0. The molecule has 1 aliphatic heterocycles. The van der Waals surface area contributed by atoms with Crippen molar-refractivity contribution in [2.45, 2.75) is 6.54 Å². The fourth-order valence-corrected chi connectivity index (χ4v) is 5.10. The van der Waals surface area contributed by atoms with Gasteiger partial charge in [0.2, 0.25) is 5.95 Å². The second kappa shape index (κ2) is 10.8. The molecular weight excluding hydrogens is 518 g/mol. The summed E-state index contributed by atoms with van der Waals surface area (Å²) >= 11 is 5.72. The number of fused-ring (bicyclic) bond motifs is 1. The lowest BCUT2D eigenvalue weighted by Gasteiger charge is -2.37. The molecule has 0 atom stereocenters. The normalized spacial score (nSPS) is 13.5. The number of benzene rings is 2. The minimum absolute atomic E-state index is 0.362. The number of imidazole rings is 1. The monoisotopic (exact) mass is 549 g/mol. The highest BCUT2D eigenvalue weighted by molar-refractivity contribution is 7.80. The van der Waals surface area contributed by atoms with E-state index in [9.17, 15) is 9.59 Å². The minimum atomic E-state index is -0.405. The Labute approximate surface area is 230 Å². The summed E-state index contributed by atoms with van der Waals surface area (Å²) in [5.74, 6) is 2.02. The van der Waals surface area contributed by atoms with Crippen LogP contribution in [0.25, 0.3) is 11.2 Å². The fraction of sp³-hybridized carbons (Fsp3) is 0.333. The number of aryl methyl sites for hydroxylation is 1. The third-order valence-electron chi connectivity index (χ3n) is 7.01. The lowest BCUT2D eigenvalue weighted by molar-refractivity contribution is 0.385. The van der Waals surface area contributed by atoms with E-state index in [1.807, 2.05) is 53.1 Å². The number of aromatic nitrogens is 4. The number of methoxy groups -OCH3 is 2. The molecule has 5 rings (SSSR count). The van der Waals surface area contributed by atoms with Crippen molar-refractivity contribution in [2.75, 3.05) is 50.6 Å². The maximum Gasteiger partial charge on any atom is 0.332 e. The SMILES string of the molecule is COc1ccc(OC)c(NC(=S)N2CCN(c3nc4c(c(=O)n(C)c(=O)n4C)n3Cc3ccccc3)CC2)c1. The van der Waals surface area contributed by atoms with E-state index in [4.69, 9.17) is 26.7 Å². The highest BCUT2D eigenvalue weighted by Crippen LogP contribution is 2.29. The Kier molecular flexibility index (Phi) is 7.29. The smallest absolute Gasteiger partial charge is 0.332 e. The summed E-state index contributed by atoms with van der Waals surface area (Å²) in [6.45, 7) is 3.00. The van der Waals surface area contributed by atoms with Crippen LogP contribution in [0.5, 0.6) is 11.5 Å². The number of thiocarbonyl (C=S) groups is 1. The van der Waals surface area contributed by atoms with Gasteiger partial charge in [-0.1, -0.05) is 30.3 Å². The zero-order valence-corrected chi connectivity index (χ0v) is 23.2. The Morgan fingerprint density at radius 2 is 1.69 bits per heavy atom. The van der Waals surface area contributed by atoms with E-state index in [-0.39, 0.29) is 5.56 Å². The molecule has 0 bridgehead atoms. The Morgan fingerprint density at radius 3 is 2.36 bits per heavy atom. The van der Waals surface area contributed by atoms with Gasteiger partial charge < -0.3 is 24.6 Å². The van der Waals surface area contributed by atoms with Crippen LogP contribution in [0.15, 0.2) is 58.1 Å². The molecule has 2 aromatic heterocycles. The van der Waals surface area contributed by atoms with Crippen LogP contribution >= 0.6 is 12.2 Å². The van der Waals surface area contributed by atoms with E-state index in [2.05, 4.69) is 15.1 Å². The number of piperazine rings is 1. The van der Waals surface area contributed by atoms with Gasteiger partial charge in [0.05, 0.1) is 26.5 Å². The van der Waals surface area contributed by atoms with E-state index in [0.29, 0.717) is 66.4 Å². The second-order valence-electron chi connectivity index (χ2n) is 9.33. The molecule has 0 saturated carbocycles. The van der Waals surface area contributed by atoms with E-state index in [1.165, 1.54) is 11.6 Å². The van der Waals surface area contributed by atoms with Crippen molar-refractivity contribution in [2.24, 2.45) is 14.1 Å². The average Bonchev–Trinajstić information content (AvgIpc) is 3.34. The Bertz CT molecular complexity index is 1640. The molecule has 39 heavy (non-hydrogen) atoms. The molecule has 12 heteroatoms. The minimum Gasteiger partial charge on any atom is -0.497 e. The number of rotatable bonds is 6. The molecule has 0 amide bonds. The van der Waals surface area contributed by atoms with Crippen LogP contribution in [0.2, 0.25) is 0 Å². The van der Waals surface area contributed by atoms with Crippen LogP contribution in [0.3, 0.4) is 0 Å². The van der Waals surface area contributed by atoms with Gasteiger partial charge in [-0.25, -0.2) is 4.79 Å². The van der Waals surface area contributed by atoms with Crippen molar-refractivity contribution in [3.8, 4) is 11.5 Å². The predicted molar refractivity (Wildman–Crippen MR) is 155 cm³/mol. The van der Waals surface area contributed by atoms with E-state index >= 15 is 0 Å². The number of hydrogen-bond donors (Lipinski definition) is 1. The van der Waals surface area contributed by atoms with Crippen LogP contribution in [0.4, 0.5) is 11.6 Å². The molecule has 0 spiro atoms. The van der Waals surface area contributed by atoms with Gasteiger partial charge in [-0.3, -0.25) is 18.5 Å². The van der Waals surface area contributed by atoms with E-state index in [1.54, 1.807) is 21.3 Å². The van der Waals surface area contributed by atoms with Crippen LogP contribution in [0.1, 0.15) is 5.56 Å². The molecule has 2 aromatic carbocycles. The van der Waals surface area contributed by atoms with Gasteiger partial charge in [0.15, 0.2) is 16.3 Å². The van der Waals surface area contributed by atoms with Crippen LogP contribution in [-0.4, -0.2) is 69.1 Å². The van der Waals surface area contributed by atoms with Crippen molar-refractivity contribution in [1.82, 2.24) is 23.6 Å². The number of anilines is 2. The molecule has 1 N–H and O–H groups in total. The molecular formula is C27H31N7O4S. The van der Waals surface area contributed by atoms with Gasteiger partial charge >= 0.3 is 5.69 Å². The zero-order chi connectivity index (χ0) is 27.7. The lowest BCUT2D eigenvalue weighted by Crippen LogP contribution is -2.50. The van der Waals surface area contributed by atoms with Crippen molar-refractivity contribution >= 4 is 40.1 Å². The van der Waals surface area contributed by atoms with Gasteiger partial charge in [0, 0.05) is 46.3 Å². The van der Waals surface area contributed by atoms with Crippen LogP contribution in [0, 0.1) is 0 Å². The second-order valence-corrected chi connectivity index (χ2v) is 9.72. The van der Waals surface area contributed by atoms with Crippen molar-refractivity contribution in [3.05, 3.63) is 74.9 Å². The number of hydrogen-bond acceptors (Lipinski definition) is 7. The van der Waals surface area contributed by atoms with Gasteiger partial charge in [-0.05, 0) is 29.9 Å². The average molecular weight is 550 g/mol. The van der Waals surface area contributed by atoms with Crippen LogP contribution in [-0.2, 0) is 20.6 Å². The zero-order valence-electron chi connectivity index (χ0n) is 22.4. The summed E-state index contributed by atoms with van der Waals surface area (Å²) in [5.41, 5.74) is 1.77. The van der Waals surface area contributed by atoms with Crippen LogP contribution < -0.4 is 30.9 Å². The quantitative estimate of drug-likeness (QED) is 0.362. The maximum atomic E-state index is 13.2. The van der Waals surface area contributed by atoms with E-state index < -0.39 is 5.69 Å². The molecule has 1 saturated heterocycles. The molecule has 1 aliphatic rings. The molecule has 3 heterocycles. The molecule has 1 fully saturated rings. The summed E-state index contributed by atoms with van der Waals surface area (Å²) < 4.78 is 15.3. The highest BCUT2D eigenvalue weighted by atomic mass is 32.1. The molecule has 0 aliphatic carbocycles. The highest BCUT2D eigenvalue weighted by Gasteiger charge is 2.27. The molecule has 204 valence electrons. The third kappa shape index (κ3) is 4.94. The number of nitrogens with one attached hydrogen (secondary N) is 1. The largest absolute Gasteiger partial charge is 0.497 e. The molecule has 4 aromatic rings. The van der Waals surface area contributed by atoms with Crippen molar-refractivity contribution in [1.29, 1.82) is 0 Å². The summed E-state index contributed by atoms with van der Waals surface area (Å²) in [5, 5.41) is 3.86. The topological polar surface area (TPSA) is 98.8 Å². The number of nitrogens with zero attached hydrogens (tertiary/aromatic N) is 6. The number of ether oxygens (including phenoxy) is 2. The van der Waals surface area contributed by atoms with Gasteiger partial charge in [-0.2, -0.15) is 4.98 Å². The first-order valence-corrected chi connectivity index (χ1v) is 13.0. The predicted octanol–water partition coefficient (Wildman–Crippen LogP) is 2.02. The Balaban J connectivity index is 1.42. The summed E-state index contributed by atoms with van der Waals surface area (Å²) in [4.78, 5) is 34.9.